The van der Waals surface area contributed by atoms with Gasteiger partial charge < -0.3 is 5.32 Å². The zero-order valence-corrected chi connectivity index (χ0v) is 11.5. The van der Waals surface area contributed by atoms with Gasteiger partial charge in [-0.15, -0.1) is 0 Å². The van der Waals surface area contributed by atoms with Crippen LogP contribution in [0.15, 0.2) is 36.4 Å². The van der Waals surface area contributed by atoms with Gasteiger partial charge in [0.15, 0.2) is 0 Å². The maximum Gasteiger partial charge on any atom is 0.223 e. The van der Waals surface area contributed by atoms with Crippen molar-refractivity contribution in [3.05, 3.63) is 42.1 Å². The molecule has 2 aromatic rings. The van der Waals surface area contributed by atoms with Crippen molar-refractivity contribution in [2.24, 2.45) is 5.92 Å². The highest BCUT2D eigenvalue weighted by Crippen LogP contribution is 2.12. The smallest absolute Gasteiger partial charge is 0.223 e. The third-order valence-corrected chi connectivity index (χ3v) is 3.46. The molecule has 1 N–H and O–H groups in total. The van der Waals surface area contributed by atoms with Crippen LogP contribution in [0.3, 0.4) is 0 Å². The second-order valence-corrected chi connectivity index (χ2v) is 4.73. The Hall–Kier alpha value is -1.90. The lowest BCUT2D eigenvalue weighted by Gasteiger charge is -2.12. The summed E-state index contributed by atoms with van der Waals surface area (Å²) in [4.78, 5) is 16.4. The van der Waals surface area contributed by atoms with Crippen molar-refractivity contribution in [2.75, 3.05) is 0 Å². The Labute approximate surface area is 114 Å². The highest BCUT2D eigenvalue weighted by atomic mass is 16.1. The van der Waals surface area contributed by atoms with Crippen LogP contribution in [0.5, 0.6) is 0 Å². The first-order chi connectivity index (χ1) is 9.24. The molecule has 2 rings (SSSR count). The van der Waals surface area contributed by atoms with E-state index in [-0.39, 0.29) is 11.8 Å². The normalized spacial score (nSPS) is 10.9. The molecule has 1 aromatic carbocycles. The second kappa shape index (κ2) is 6.32. The van der Waals surface area contributed by atoms with Gasteiger partial charge in [0.2, 0.25) is 5.91 Å². The predicted molar refractivity (Wildman–Crippen MR) is 77.7 cm³/mol. The maximum atomic E-state index is 11.9. The molecule has 0 fully saturated rings. The Morgan fingerprint density at radius 2 is 1.89 bits per heavy atom. The topological polar surface area (TPSA) is 42.0 Å². The lowest BCUT2D eigenvalue weighted by molar-refractivity contribution is -0.125. The van der Waals surface area contributed by atoms with E-state index in [2.05, 4.69) is 10.3 Å². The molecule has 0 radical (unpaired) electrons. The van der Waals surface area contributed by atoms with Crippen molar-refractivity contribution in [1.82, 2.24) is 10.3 Å². The van der Waals surface area contributed by atoms with Crippen LogP contribution < -0.4 is 5.32 Å². The number of carbonyl (C=O) groups is 1. The average molecular weight is 256 g/mol. The SMILES string of the molecule is CCC(CC)C(=O)NCc1ccc2ccccc2n1. The lowest BCUT2D eigenvalue weighted by Crippen LogP contribution is -2.29. The van der Waals surface area contributed by atoms with Crippen molar-refractivity contribution >= 4 is 16.8 Å². The molecule has 0 aliphatic heterocycles. The fourth-order valence-corrected chi connectivity index (χ4v) is 2.19. The van der Waals surface area contributed by atoms with Gasteiger partial charge in [0.05, 0.1) is 17.8 Å². The Balaban J connectivity index is 2.03. The molecule has 19 heavy (non-hydrogen) atoms. The van der Waals surface area contributed by atoms with E-state index in [9.17, 15) is 4.79 Å². The van der Waals surface area contributed by atoms with Gasteiger partial charge in [-0.25, -0.2) is 0 Å². The molecule has 1 heterocycles. The van der Waals surface area contributed by atoms with Gasteiger partial charge in [0, 0.05) is 11.3 Å². The molecule has 0 saturated carbocycles. The first-order valence-corrected chi connectivity index (χ1v) is 6.87. The predicted octanol–water partition coefficient (Wildman–Crippen LogP) is 3.29. The van der Waals surface area contributed by atoms with Crippen LogP contribution in [0.25, 0.3) is 10.9 Å². The van der Waals surface area contributed by atoms with Crippen molar-refractivity contribution in [2.45, 2.75) is 33.2 Å². The number of hydrogen-bond acceptors (Lipinski definition) is 2. The number of amides is 1. The van der Waals surface area contributed by atoms with Gasteiger partial charge in [-0.05, 0) is 25.0 Å². The number of fused-ring (bicyclic) bond motifs is 1. The van der Waals surface area contributed by atoms with Crippen LogP contribution >= 0.6 is 0 Å². The summed E-state index contributed by atoms with van der Waals surface area (Å²) in [5, 5.41) is 4.09. The van der Waals surface area contributed by atoms with Crippen molar-refractivity contribution < 1.29 is 4.79 Å². The molecular formula is C16H20N2O. The number of rotatable bonds is 5. The first-order valence-electron chi connectivity index (χ1n) is 6.87. The van der Waals surface area contributed by atoms with Gasteiger partial charge in [-0.2, -0.15) is 0 Å². The van der Waals surface area contributed by atoms with E-state index in [1.54, 1.807) is 0 Å². The van der Waals surface area contributed by atoms with Crippen LogP contribution in [0, 0.1) is 5.92 Å². The summed E-state index contributed by atoms with van der Waals surface area (Å²) < 4.78 is 0. The molecule has 0 spiro atoms. The monoisotopic (exact) mass is 256 g/mol. The molecule has 1 amide bonds. The quantitative estimate of drug-likeness (QED) is 0.892. The summed E-state index contributed by atoms with van der Waals surface area (Å²) in [5.74, 6) is 0.236. The van der Waals surface area contributed by atoms with Gasteiger partial charge >= 0.3 is 0 Å². The number of aromatic nitrogens is 1. The summed E-state index contributed by atoms with van der Waals surface area (Å²) in [5.41, 5.74) is 1.87. The molecule has 100 valence electrons. The summed E-state index contributed by atoms with van der Waals surface area (Å²) in [7, 11) is 0. The van der Waals surface area contributed by atoms with Crippen molar-refractivity contribution in [1.29, 1.82) is 0 Å². The van der Waals surface area contributed by atoms with E-state index in [0.717, 1.165) is 29.4 Å². The minimum Gasteiger partial charge on any atom is -0.350 e. The number of benzene rings is 1. The van der Waals surface area contributed by atoms with Crippen molar-refractivity contribution in [3.8, 4) is 0 Å². The Morgan fingerprint density at radius 3 is 2.63 bits per heavy atom. The van der Waals surface area contributed by atoms with Crippen molar-refractivity contribution in [3.63, 3.8) is 0 Å². The first kappa shape index (κ1) is 13.5. The summed E-state index contributed by atoms with van der Waals surface area (Å²) in [6.07, 6.45) is 1.76. The van der Waals surface area contributed by atoms with E-state index in [1.807, 2.05) is 50.2 Å². The molecule has 1 aromatic heterocycles. The number of para-hydroxylation sites is 1. The number of nitrogens with zero attached hydrogens (tertiary/aromatic N) is 1. The average Bonchev–Trinajstić information content (AvgIpc) is 2.46. The third-order valence-electron chi connectivity index (χ3n) is 3.46. The van der Waals surface area contributed by atoms with E-state index in [1.165, 1.54) is 0 Å². The Kier molecular flexibility index (Phi) is 4.50. The number of carbonyl (C=O) groups excluding carboxylic acids is 1. The molecule has 3 heteroatoms. The van der Waals surface area contributed by atoms with Crippen LogP contribution in [0.1, 0.15) is 32.4 Å². The maximum absolute atomic E-state index is 11.9. The van der Waals surface area contributed by atoms with E-state index in [0.29, 0.717) is 6.54 Å². The number of hydrogen-bond donors (Lipinski definition) is 1. The number of nitrogens with one attached hydrogen (secondary N) is 1. The van der Waals surface area contributed by atoms with Crippen LogP contribution in [-0.4, -0.2) is 10.9 Å². The zero-order chi connectivity index (χ0) is 13.7. The standard InChI is InChI=1S/C16H20N2O/c1-3-12(4-2)16(19)17-11-14-10-9-13-7-5-6-8-15(13)18-14/h5-10,12H,3-4,11H2,1-2H3,(H,17,19). The third kappa shape index (κ3) is 3.31. The molecule has 0 atom stereocenters. The molecule has 0 bridgehead atoms. The molecule has 0 saturated heterocycles. The Bertz CT molecular complexity index is 561. The summed E-state index contributed by atoms with van der Waals surface area (Å²) in [6.45, 7) is 4.59. The lowest BCUT2D eigenvalue weighted by atomic mass is 10.0. The fourth-order valence-electron chi connectivity index (χ4n) is 2.19. The molecule has 0 unspecified atom stereocenters. The van der Waals surface area contributed by atoms with Gasteiger partial charge in [-0.1, -0.05) is 38.1 Å². The van der Waals surface area contributed by atoms with Crippen LogP contribution in [-0.2, 0) is 11.3 Å². The highest BCUT2D eigenvalue weighted by molar-refractivity contribution is 5.79. The minimum atomic E-state index is 0.112. The van der Waals surface area contributed by atoms with Gasteiger partial charge in [-0.3, -0.25) is 9.78 Å². The van der Waals surface area contributed by atoms with E-state index in [4.69, 9.17) is 0 Å². The van der Waals surface area contributed by atoms with Gasteiger partial charge in [0.25, 0.3) is 0 Å². The second-order valence-electron chi connectivity index (χ2n) is 4.73. The van der Waals surface area contributed by atoms with Crippen LogP contribution in [0.2, 0.25) is 0 Å². The molecule has 0 aliphatic rings. The van der Waals surface area contributed by atoms with E-state index >= 15 is 0 Å². The molecule has 0 aliphatic carbocycles. The molecule has 3 nitrogen and oxygen atoms in total. The summed E-state index contributed by atoms with van der Waals surface area (Å²) in [6, 6.07) is 12.0. The van der Waals surface area contributed by atoms with E-state index < -0.39 is 0 Å². The van der Waals surface area contributed by atoms with Crippen LogP contribution in [0.4, 0.5) is 0 Å². The fraction of sp³-hybridized carbons (Fsp3) is 0.375. The Morgan fingerprint density at radius 1 is 1.16 bits per heavy atom. The largest absolute Gasteiger partial charge is 0.350 e. The molecular weight excluding hydrogens is 236 g/mol. The highest BCUT2D eigenvalue weighted by Gasteiger charge is 2.13. The number of pyridine rings is 1. The summed E-state index contributed by atoms with van der Waals surface area (Å²) >= 11 is 0. The zero-order valence-electron chi connectivity index (χ0n) is 11.5. The minimum absolute atomic E-state index is 0.112. The van der Waals surface area contributed by atoms with Gasteiger partial charge in [0.1, 0.15) is 0 Å².